The molecule has 3 aromatic rings. The van der Waals surface area contributed by atoms with Gasteiger partial charge in [-0.3, -0.25) is 4.57 Å². The van der Waals surface area contributed by atoms with Gasteiger partial charge in [0.2, 0.25) is 0 Å². The van der Waals surface area contributed by atoms with Gasteiger partial charge >= 0.3 is 6.03 Å². The van der Waals surface area contributed by atoms with Gasteiger partial charge in [0.15, 0.2) is 17.3 Å². The number of benzene rings is 2. The second-order valence-electron chi connectivity index (χ2n) is 7.03. The lowest BCUT2D eigenvalue weighted by atomic mass is 10.2. The molecule has 1 fully saturated rings. The summed E-state index contributed by atoms with van der Waals surface area (Å²) in [4.78, 5) is 14.8. The molecule has 2 amide bonds. The predicted molar refractivity (Wildman–Crippen MR) is 106 cm³/mol. The lowest BCUT2D eigenvalue weighted by molar-refractivity contribution is 0.171. The van der Waals surface area contributed by atoms with E-state index in [9.17, 15) is 4.79 Å². The molecule has 1 N–H and O–H groups in total. The first-order valence-corrected chi connectivity index (χ1v) is 9.72. The van der Waals surface area contributed by atoms with Crippen LogP contribution in [0.2, 0.25) is 0 Å². The molecule has 0 radical (unpaired) electrons. The van der Waals surface area contributed by atoms with Crippen molar-refractivity contribution in [3.8, 4) is 17.2 Å². The zero-order chi connectivity index (χ0) is 19.6. The minimum absolute atomic E-state index is 0.130. The van der Waals surface area contributed by atoms with Gasteiger partial charge in [-0.25, -0.2) is 4.79 Å². The topological polar surface area (TPSA) is 81.5 Å². The highest BCUT2D eigenvalue weighted by Crippen LogP contribution is 2.35. The molecule has 8 nitrogen and oxygen atoms in total. The second kappa shape index (κ2) is 7.46. The Balaban J connectivity index is 1.36. The number of fused-ring (bicyclic) bond motifs is 1. The number of carbonyl (C=O) groups is 1. The molecule has 0 aliphatic carbocycles. The number of aromatic nitrogens is 3. The van der Waals surface area contributed by atoms with E-state index in [1.165, 1.54) is 0 Å². The minimum atomic E-state index is -0.160. The Morgan fingerprint density at radius 2 is 1.90 bits per heavy atom. The lowest BCUT2D eigenvalue weighted by Crippen LogP contribution is -2.35. The van der Waals surface area contributed by atoms with Crippen LogP contribution >= 0.6 is 0 Å². The maximum absolute atomic E-state index is 13.0. The number of nitrogens with one attached hydrogen (secondary N) is 1. The van der Waals surface area contributed by atoms with E-state index in [2.05, 4.69) is 15.5 Å². The number of hydrogen-bond donors (Lipinski definition) is 1. The van der Waals surface area contributed by atoms with Gasteiger partial charge in [-0.15, -0.1) is 10.2 Å². The maximum Gasteiger partial charge on any atom is 0.322 e. The number of likely N-dealkylation sites (tertiary alicyclic amines) is 1. The molecular weight excluding hydrogens is 370 g/mol. The van der Waals surface area contributed by atoms with Crippen LogP contribution in [-0.2, 0) is 0 Å². The van der Waals surface area contributed by atoms with E-state index in [1.54, 1.807) is 12.4 Å². The van der Waals surface area contributed by atoms with Crippen LogP contribution in [0.1, 0.15) is 24.7 Å². The molecular formula is C21H21N5O3. The molecule has 0 bridgehead atoms. The first kappa shape index (κ1) is 17.5. The van der Waals surface area contributed by atoms with Gasteiger partial charge in [0.1, 0.15) is 19.5 Å². The van der Waals surface area contributed by atoms with Gasteiger partial charge in [0, 0.05) is 24.0 Å². The summed E-state index contributed by atoms with van der Waals surface area (Å²) < 4.78 is 13.1. The highest BCUT2D eigenvalue weighted by molar-refractivity contribution is 5.90. The number of nitrogens with zero attached hydrogens (tertiary/aromatic N) is 4. The van der Waals surface area contributed by atoms with Crippen LogP contribution in [-0.4, -0.2) is 45.5 Å². The van der Waals surface area contributed by atoms with Crippen molar-refractivity contribution in [1.82, 2.24) is 19.7 Å². The van der Waals surface area contributed by atoms with Crippen molar-refractivity contribution in [1.29, 1.82) is 0 Å². The van der Waals surface area contributed by atoms with Crippen LogP contribution in [0, 0.1) is 0 Å². The monoisotopic (exact) mass is 391 g/mol. The maximum atomic E-state index is 13.0. The molecule has 148 valence electrons. The largest absolute Gasteiger partial charge is 0.486 e. The van der Waals surface area contributed by atoms with Crippen molar-refractivity contribution in [3.63, 3.8) is 0 Å². The van der Waals surface area contributed by atoms with Crippen LogP contribution in [0.25, 0.3) is 5.69 Å². The third-order valence-corrected chi connectivity index (χ3v) is 5.21. The third kappa shape index (κ3) is 3.37. The van der Waals surface area contributed by atoms with Crippen LogP contribution in [0.15, 0.2) is 54.9 Å². The number of rotatable bonds is 3. The molecule has 2 aromatic carbocycles. The molecule has 3 heterocycles. The molecule has 29 heavy (non-hydrogen) atoms. The van der Waals surface area contributed by atoms with Gasteiger partial charge in [0.05, 0.1) is 6.04 Å². The molecule has 8 heteroatoms. The van der Waals surface area contributed by atoms with E-state index in [0.717, 1.165) is 24.4 Å². The van der Waals surface area contributed by atoms with E-state index in [1.807, 2.05) is 51.9 Å². The first-order chi connectivity index (χ1) is 14.3. The summed E-state index contributed by atoms with van der Waals surface area (Å²) in [6.45, 7) is 1.71. The zero-order valence-corrected chi connectivity index (χ0v) is 15.8. The van der Waals surface area contributed by atoms with E-state index in [4.69, 9.17) is 9.47 Å². The number of para-hydroxylation sites is 1. The fourth-order valence-corrected chi connectivity index (χ4v) is 3.85. The standard InChI is InChI=1S/C21H21N5O3/c27-21(23-15-8-9-18-19(13-15)29-12-11-28-18)25-10-4-7-17(25)20-24-22-14-26(20)16-5-2-1-3-6-16/h1-3,5-6,8-9,13-14,17H,4,7,10-12H2,(H,23,27). The van der Waals surface area contributed by atoms with Gasteiger partial charge in [-0.05, 0) is 37.1 Å². The Hall–Kier alpha value is -3.55. The Bertz CT molecular complexity index is 1020. The van der Waals surface area contributed by atoms with E-state index in [0.29, 0.717) is 36.9 Å². The Morgan fingerprint density at radius 1 is 1.07 bits per heavy atom. The van der Waals surface area contributed by atoms with Gasteiger partial charge in [-0.1, -0.05) is 18.2 Å². The highest BCUT2D eigenvalue weighted by Gasteiger charge is 2.33. The van der Waals surface area contributed by atoms with E-state index < -0.39 is 0 Å². The average molecular weight is 391 g/mol. The number of hydrogen-bond acceptors (Lipinski definition) is 5. The smallest absolute Gasteiger partial charge is 0.322 e. The summed E-state index contributed by atoms with van der Waals surface area (Å²) in [5.74, 6) is 2.12. The summed E-state index contributed by atoms with van der Waals surface area (Å²) in [6, 6.07) is 15.1. The van der Waals surface area contributed by atoms with Crippen molar-refractivity contribution < 1.29 is 14.3 Å². The van der Waals surface area contributed by atoms with Crippen molar-refractivity contribution in [2.75, 3.05) is 25.1 Å². The zero-order valence-electron chi connectivity index (χ0n) is 15.8. The number of amides is 2. The molecule has 2 aliphatic rings. The van der Waals surface area contributed by atoms with E-state index >= 15 is 0 Å². The first-order valence-electron chi connectivity index (χ1n) is 9.72. The number of carbonyl (C=O) groups excluding carboxylic acids is 1. The highest BCUT2D eigenvalue weighted by atomic mass is 16.6. The fraction of sp³-hybridized carbons (Fsp3) is 0.286. The summed E-state index contributed by atoms with van der Waals surface area (Å²) in [7, 11) is 0. The molecule has 5 rings (SSSR count). The Kier molecular flexibility index (Phi) is 4.51. The van der Waals surface area contributed by atoms with Gasteiger partial charge in [0.25, 0.3) is 0 Å². The van der Waals surface area contributed by atoms with Crippen molar-refractivity contribution in [2.24, 2.45) is 0 Å². The minimum Gasteiger partial charge on any atom is -0.486 e. The van der Waals surface area contributed by atoms with Crippen molar-refractivity contribution in [2.45, 2.75) is 18.9 Å². The normalized spacial score (nSPS) is 17.9. The van der Waals surface area contributed by atoms with E-state index in [-0.39, 0.29) is 12.1 Å². The average Bonchev–Trinajstić information content (AvgIpc) is 3.43. The molecule has 2 aliphatic heterocycles. The summed E-state index contributed by atoms with van der Waals surface area (Å²) in [6.07, 6.45) is 3.46. The van der Waals surface area contributed by atoms with Crippen molar-refractivity contribution in [3.05, 3.63) is 60.7 Å². The number of urea groups is 1. The Morgan fingerprint density at radius 3 is 2.76 bits per heavy atom. The molecule has 1 unspecified atom stereocenters. The second-order valence-corrected chi connectivity index (χ2v) is 7.03. The van der Waals surface area contributed by atoms with Crippen LogP contribution in [0.3, 0.4) is 0 Å². The Labute approximate surface area is 168 Å². The summed E-state index contributed by atoms with van der Waals surface area (Å²) in [5, 5.41) is 11.4. The lowest BCUT2D eigenvalue weighted by Gasteiger charge is -2.25. The molecule has 1 aromatic heterocycles. The number of ether oxygens (including phenoxy) is 2. The molecule has 1 saturated heterocycles. The molecule has 0 spiro atoms. The predicted octanol–water partition coefficient (Wildman–Crippen LogP) is 3.41. The van der Waals surface area contributed by atoms with Crippen LogP contribution in [0.4, 0.5) is 10.5 Å². The summed E-state index contributed by atoms with van der Waals surface area (Å²) >= 11 is 0. The SMILES string of the molecule is O=C(Nc1ccc2c(c1)OCCO2)N1CCCC1c1nncn1-c1ccccc1. The third-order valence-electron chi connectivity index (χ3n) is 5.21. The van der Waals surface area contributed by atoms with Crippen LogP contribution in [0.5, 0.6) is 11.5 Å². The number of anilines is 1. The van der Waals surface area contributed by atoms with Gasteiger partial charge < -0.3 is 19.7 Å². The fourth-order valence-electron chi connectivity index (χ4n) is 3.85. The van der Waals surface area contributed by atoms with Crippen LogP contribution < -0.4 is 14.8 Å². The molecule has 1 atom stereocenters. The molecule has 0 saturated carbocycles. The van der Waals surface area contributed by atoms with Crippen molar-refractivity contribution >= 4 is 11.7 Å². The summed E-state index contributed by atoms with van der Waals surface area (Å²) in [5.41, 5.74) is 1.65. The quantitative estimate of drug-likeness (QED) is 0.740. The van der Waals surface area contributed by atoms with Gasteiger partial charge in [-0.2, -0.15) is 0 Å².